The summed E-state index contributed by atoms with van der Waals surface area (Å²) in [6, 6.07) is 19.1. The van der Waals surface area contributed by atoms with Crippen LogP contribution in [-0.2, 0) is 21.6 Å². The maximum Gasteiger partial charge on any atom is 0.340 e. The number of halogens is 2. The van der Waals surface area contributed by atoms with E-state index in [2.05, 4.69) is 21.8 Å². The Kier molecular flexibility index (Phi) is 8.37. The van der Waals surface area contributed by atoms with Gasteiger partial charge in [-0.25, -0.2) is 28.2 Å². The largest absolute Gasteiger partial charge is 0.435 e. The van der Waals surface area contributed by atoms with Crippen molar-refractivity contribution >= 4 is 29.7 Å². The van der Waals surface area contributed by atoms with Crippen LogP contribution in [0.25, 0.3) is 11.3 Å². The van der Waals surface area contributed by atoms with Crippen LogP contribution in [0.4, 0.5) is 14.5 Å². The van der Waals surface area contributed by atoms with E-state index in [1.54, 1.807) is 30.3 Å². The minimum absolute atomic E-state index is 0.0335. The molecule has 0 aliphatic carbocycles. The summed E-state index contributed by atoms with van der Waals surface area (Å²) in [5.74, 6) is -2.79. The summed E-state index contributed by atoms with van der Waals surface area (Å²) in [4.78, 5) is 25.4. The van der Waals surface area contributed by atoms with E-state index < -0.39 is 35.9 Å². The van der Waals surface area contributed by atoms with Crippen molar-refractivity contribution in [1.82, 2.24) is 19.7 Å². The highest BCUT2D eigenvalue weighted by atomic mass is 32.1. The van der Waals surface area contributed by atoms with Crippen LogP contribution in [0.5, 0.6) is 0 Å². The average Bonchev–Trinajstić information content (AvgIpc) is 3.70. The lowest BCUT2D eigenvalue weighted by atomic mass is 9.81. The zero-order valence-electron chi connectivity index (χ0n) is 22.0. The summed E-state index contributed by atoms with van der Waals surface area (Å²) < 4.78 is 42.8. The summed E-state index contributed by atoms with van der Waals surface area (Å²) in [6.45, 7) is 4.81. The lowest BCUT2D eigenvalue weighted by Crippen LogP contribution is -2.42. The molecule has 0 N–H and O–H groups in total. The van der Waals surface area contributed by atoms with Gasteiger partial charge in [0.25, 0.3) is 0 Å². The number of rotatable bonds is 11. The van der Waals surface area contributed by atoms with Crippen molar-refractivity contribution in [3.63, 3.8) is 0 Å². The molecule has 5 aromatic rings. The van der Waals surface area contributed by atoms with Crippen LogP contribution < -0.4 is 0 Å². The van der Waals surface area contributed by atoms with Gasteiger partial charge in [0.1, 0.15) is 29.9 Å². The Morgan fingerprint density at radius 1 is 1.12 bits per heavy atom. The molecule has 2 aromatic heterocycles. The van der Waals surface area contributed by atoms with Gasteiger partial charge in [0, 0.05) is 28.5 Å². The lowest BCUT2D eigenvalue weighted by molar-refractivity contribution is -0.148. The number of nitrogens with zero attached hydrogens (tertiary/aromatic N) is 5. The second kappa shape index (κ2) is 12.3. The minimum Gasteiger partial charge on any atom is -0.435 e. The Bertz CT molecular complexity index is 1630. The van der Waals surface area contributed by atoms with Crippen molar-refractivity contribution in [1.29, 1.82) is 0 Å². The monoisotopic (exact) mass is 573 g/mol. The molecule has 0 bridgehead atoms. The summed E-state index contributed by atoms with van der Waals surface area (Å²) in [6.07, 6.45) is 2.81. The highest BCUT2D eigenvalue weighted by molar-refractivity contribution is 7.10. The van der Waals surface area contributed by atoms with Gasteiger partial charge in [-0.3, -0.25) is 4.99 Å². The highest BCUT2D eigenvalue weighted by Gasteiger charge is 2.45. The first-order valence-corrected chi connectivity index (χ1v) is 13.4. The molecular formula is C30H25F2N5O3S. The van der Waals surface area contributed by atoms with Gasteiger partial charge in [-0.05, 0) is 37.0 Å². The van der Waals surface area contributed by atoms with Crippen molar-refractivity contribution < 1.29 is 23.0 Å². The molecule has 2 atom stereocenters. The van der Waals surface area contributed by atoms with Crippen LogP contribution >= 0.6 is 11.3 Å². The Balaban J connectivity index is 1.54. The first kappa shape index (κ1) is 27.9. The summed E-state index contributed by atoms with van der Waals surface area (Å²) >= 11 is 1.37. The number of esters is 1. The quantitative estimate of drug-likeness (QED) is 0.101. The molecule has 0 saturated carbocycles. The molecule has 0 radical (unpaired) electrons. The van der Waals surface area contributed by atoms with Gasteiger partial charge in [0.2, 0.25) is 0 Å². The van der Waals surface area contributed by atoms with E-state index in [4.69, 9.17) is 14.5 Å². The number of hydrogen-bond donors (Lipinski definition) is 0. The van der Waals surface area contributed by atoms with E-state index >= 15 is 4.39 Å². The molecule has 208 valence electrons. The predicted octanol–water partition coefficient (Wildman–Crippen LogP) is 6.54. The molecule has 8 nitrogen and oxygen atoms in total. The SMILES string of the molecule is C=Nc1ccc(-c2csc(C(C)C(Cn3cncn3)(OCOC(=O)c3ccccc3)c3ccc(F)cc3F)n2)cc1. The van der Waals surface area contributed by atoms with E-state index in [1.165, 1.54) is 34.7 Å². The van der Waals surface area contributed by atoms with Crippen molar-refractivity contribution in [3.05, 3.63) is 119 Å². The van der Waals surface area contributed by atoms with Gasteiger partial charge in [-0.1, -0.05) is 43.3 Å². The molecule has 2 heterocycles. The van der Waals surface area contributed by atoms with Crippen LogP contribution in [0.1, 0.15) is 33.8 Å². The fourth-order valence-electron chi connectivity index (χ4n) is 4.49. The third kappa shape index (κ3) is 6.11. The first-order valence-electron chi connectivity index (χ1n) is 12.6. The molecule has 0 amide bonds. The number of carbonyl (C=O) groups excluding carboxylic acids is 1. The van der Waals surface area contributed by atoms with E-state index in [0.717, 1.165) is 23.4 Å². The molecule has 0 aliphatic heterocycles. The van der Waals surface area contributed by atoms with Crippen molar-refractivity contribution in [2.75, 3.05) is 6.79 Å². The fraction of sp³-hybridized carbons (Fsp3) is 0.167. The van der Waals surface area contributed by atoms with Crippen molar-refractivity contribution in [2.24, 2.45) is 4.99 Å². The summed E-state index contributed by atoms with van der Waals surface area (Å²) in [5.41, 5.74) is 1.15. The summed E-state index contributed by atoms with van der Waals surface area (Å²) in [7, 11) is 0. The van der Waals surface area contributed by atoms with Gasteiger partial charge >= 0.3 is 5.97 Å². The number of thiazole rings is 1. The first-order chi connectivity index (χ1) is 19.9. The highest BCUT2D eigenvalue weighted by Crippen LogP contribution is 2.44. The van der Waals surface area contributed by atoms with E-state index in [0.29, 0.717) is 16.3 Å². The third-order valence-corrected chi connectivity index (χ3v) is 7.73. The molecule has 2 unspecified atom stereocenters. The van der Waals surface area contributed by atoms with Crippen LogP contribution in [0.3, 0.4) is 0 Å². The van der Waals surface area contributed by atoms with Crippen LogP contribution in [0, 0.1) is 11.6 Å². The second-order valence-electron chi connectivity index (χ2n) is 9.16. The van der Waals surface area contributed by atoms with E-state index in [-0.39, 0.29) is 12.1 Å². The Morgan fingerprint density at radius 3 is 2.59 bits per heavy atom. The Hall–Kier alpha value is -4.61. The second-order valence-corrected chi connectivity index (χ2v) is 10.1. The van der Waals surface area contributed by atoms with Gasteiger partial charge in [0.05, 0.1) is 28.5 Å². The maximum absolute atomic E-state index is 15.5. The van der Waals surface area contributed by atoms with Crippen molar-refractivity contribution in [2.45, 2.75) is 25.0 Å². The molecule has 0 aliphatic rings. The van der Waals surface area contributed by atoms with Crippen molar-refractivity contribution in [3.8, 4) is 11.3 Å². The molecule has 3 aromatic carbocycles. The van der Waals surface area contributed by atoms with Crippen LogP contribution in [-0.4, -0.2) is 39.2 Å². The smallest absolute Gasteiger partial charge is 0.340 e. The zero-order chi connectivity index (χ0) is 28.8. The number of benzene rings is 3. The molecule has 0 saturated heterocycles. The van der Waals surface area contributed by atoms with Crippen LogP contribution in [0.15, 0.2) is 95.8 Å². The van der Waals surface area contributed by atoms with Crippen LogP contribution in [0.2, 0.25) is 0 Å². The number of ether oxygens (including phenoxy) is 2. The molecule has 0 spiro atoms. The standard InChI is InChI=1S/C30H25F2N5O3S/c1-20(28-36-27(15-41-28)21-8-11-24(33-2)12-9-21)30(16-37-18-34-17-35-37,25-13-10-23(31)14-26(25)32)40-19-39-29(38)22-6-4-3-5-7-22/h3-15,17-18,20H,2,16,19H2,1H3. The zero-order valence-corrected chi connectivity index (χ0v) is 22.8. The van der Waals surface area contributed by atoms with Gasteiger partial charge in [0.15, 0.2) is 6.79 Å². The molecule has 41 heavy (non-hydrogen) atoms. The molecule has 0 fully saturated rings. The number of carbonyl (C=O) groups is 1. The van der Waals surface area contributed by atoms with Gasteiger partial charge in [-0.15, -0.1) is 11.3 Å². The third-order valence-electron chi connectivity index (χ3n) is 6.70. The molecule has 11 heteroatoms. The summed E-state index contributed by atoms with van der Waals surface area (Å²) in [5, 5.41) is 6.70. The maximum atomic E-state index is 15.5. The van der Waals surface area contributed by atoms with E-state index in [9.17, 15) is 9.18 Å². The molecular weight excluding hydrogens is 548 g/mol. The Labute approximate surface area is 239 Å². The molecule has 5 rings (SSSR count). The van der Waals surface area contributed by atoms with E-state index in [1.807, 2.05) is 36.6 Å². The number of aliphatic imine (C=N–C) groups is 1. The average molecular weight is 574 g/mol. The van der Waals surface area contributed by atoms with Gasteiger partial charge in [-0.2, -0.15) is 5.10 Å². The number of aromatic nitrogens is 4. The lowest BCUT2D eigenvalue weighted by Gasteiger charge is -2.38. The minimum atomic E-state index is -1.53. The topological polar surface area (TPSA) is 91.5 Å². The predicted molar refractivity (Wildman–Crippen MR) is 151 cm³/mol. The fourth-order valence-corrected chi connectivity index (χ4v) is 5.46. The number of hydrogen-bond acceptors (Lipinski definition) is 8. The normalized spacial score (nSPS) is 13.3. The Morgan fingerprint density at radius 2 is 1.90 bits per heavy atom. The van der Waals surface area contributed by atoms with Gasteiger partial charge < -0.3 is 9.47 Å².